The number of carbonyl (C=O) groups excluding carboxylic acids is 2. The molecule has 0 radical (unpaired) electrons. The Hall–Kier alpha value is -3.80. The molecule has 2 heterocycles. The molecule has 13 heteroatoms. The van der Waals surface area contributed by atoms with Gasteiger partial charge in [-0.2, -0.15) is 13.2 Å². The van der Waals surface area contributed by atoms with Gasteiger partial charge in [0, 0.05) is 36.2 Å². The number of nitrogens with one attached hydrogen (secondary N) is 2. The van der Waals surface area contributed by atoms with Crippen molar-refractivity contribution in [2.45, 2.75) is 44.1 Å². The molecule has 2 N–H and O–H groups in total. The molecular weight excluding hydrogens is 642 g/mol. The summed E-state index contributed by atoms with van der Waals surface area (Å²) in [6.45, 7) is 2.76. The van der Waals surface area contributed by atoms with Crippen LogP contribution in [0.2, 0.25) is 10.0 Å². The summed E-state index contributed by atoms with van der Waals surface area (Å²) in [6.07, 6.45) is -3.37. The van der Waals surface area contributed by atoms with Crippen molar-refractivity contribution >= 4 is 41.0 Å². The first-order chi connectivity index (χ1) is 22.0. The fourth-order valence-electron chi connectivity index (χ4n) is 5.77. The normalized spacial score (nSPS) is 18.8. The Morgan fingerprint density at radius 2 is 1.57 bits per heavy atom. The van der Waals surface area contributed by atoms with E-state index in [1.54, 1.807) is 48.0 Å². The highest BCUT2D eigenvalue weighted by Gasteiger charge is 2.45. The van der Waals surface area contributed by atoms with Crippen LogP contribution in [0.5, 0.6) is 5.75 Å². The molecule has 3 aromatic rings. The summed E-state index contributed by atoms with van der Waals surface area (Å²) in [6, 6.07) is 15.8. The number of amidine groups is 1. The van der Waals surface area contributed by atoms with E-state index in [-0.39, 0.29) is 48.3 Å². The van der Waals surface area contributed by atoms with E-state index in [0.717, 1.165) is 23.3 Å². The SMILES string of the molecule is CCOc1cc(C(F)(F)F)ccc1C1=NC(c2ccc(Cl)cc2)C(c2ccc(Cl)cc2)N1C(=O)N1CCC(NCC(=O)NC)CC1. The number of nitrogens with zero attached hydrogens (tertiary/aromatic N) is 3. The average molecular weight is 677 g/mol. The number of carbonyl (C=O) groups is 2. The number of piperidine rings is 1. The van der Waals surface area contributed by atoms with Gasteiger partial charge >= 0.3 is 12.2 Å². The first-order valence-corrected chi connectivity index (χ1v) is 15.7. The van der Waals surface area contributed by atoms with Gasteiger partial charge in [-0.05, 0) is 73.4 Å². The monoisotopic (exact) mass is 675 g/mol. The maximum absolute atomic E-state index is 14.6. The Labute approximate surface area is 275 Å². The fourth-order valence-corrected chi connectivity index (χ4v) is 6.02. The topological polar surface area (TPSA) is 86.3 Å². The van der Waals surface area contributed by atoms with E-state index in [2.05, 4.69) is 10.6 Å². The molecule has 2 aliphatic rings. The minimum absolute atomic E-state index is 0.0300. The van der Waals surface area contributed by atoms with Gasteiger partial charge in [-0.1, -0.05) is 47.5 Å². The smallest absolute Gasteiger partial charge is 0.416 e. The number of aliphatic imine (C=N–C) groups is 1. The highest BCUT2D eigenvalue weighted by Crippen LogP contribution is 2.46. The molecule has 0 bridgehead atoms. The van der Waals surface area contributed by atoms with Crippen LogP contribution >= 0.6 is 23.2 Å². The second kappa shape index (κ2) is 14.3. The number of benzene rings is 3. The van der Waals surface area contributed by atoms with Gasteiger partial charge in [-0.25, -0.2) is 4.79 Å². The van der Waals surface area contributed by atoms with Crippen molar-refractivity contribution in [3.05, 3.63) is 99.0 Å². The molecule has 1 fully saturated rings. The van der Waals surface area contributed by atoms with Gasteiger partial charge in [0.15, 0.2) is 0 Å². The molecular formula is C33H34Cl2F3N5O3. The number of alkyl halides is 3. The molecule has 0 saturated carbocycles. The van der Waals surface area contributed by atoms with Crippen molar-refractivity contribution in [1.82, 2.24) is 20.4 Å². The van der Waals surface area contributed by atoms with Gasteiger partial charge < -0.3 is 20.3 Å². The van der Waals surface area contributed by atoms with Crippen molar-refractivity contribution in [3.63, 3.8) is 0 Å². The van der Waals surface area contributed by atoms with Crippen LogP contribution in [0.25, 0.3) is 0 Å². The summed E-state index contributed by atoms with van der Waals surface area (Å²) in [7, 11) is 1.57. The van der Waals surface area contributed by atoms with E-state index in [1.807, 2.05) is 24.3 Å². The van der Waals surface area contributed by atoms with E-state index < -0.39 is 23.8 Å². The maximum atomic E-state index is 14.6. The first kappa shape index (κ1) is 33.6. The second-order valence-corrected chi connectivity index (χ2v) is 11.9. The third-order valence-electron chi connectivity index (χ3n) is 8.14. The summed E-state index contributed by atoms with van der Waals surface area (Å²) < 4.78 is 47.0. The molecule has 8 nitrogen and oxygen atoms in total. The third-order valence-corrected chi connectivity index (χ3v) is 8.65. The molecule has 2 atom stereocenters. The van der Waals surface area contributed by atoms with Crippen LogP contribution in [0.3, 0.4) is 0 Å². The molecule has 3 aromatic carbocycles. The van der Waals surface area contributed by atoms with Crippen molar-refractivity contribution in [2.24, 2.45) is 4.99 Å². The number of likely N-dealkylation sites (tertiary alicyclic amines) is 1. The highest BCUT2D eigenvalue weighted by atomic mass is 35.5. The summed E-state index contributed by atoms with van der Waals surface area (Å²) in [5.41, 5.74) is 0.898. The number of ether oxygens (including phenoxy) is 1. The van der Waals surface area contributed by atoms with Gasteiger partial charge in [-0.15, -0.1) is 0 Å². The van der Waals surface area contributed by atoms with Crippen LogP contribution in [0.15, 0.2) is 71.7 Å². The number of urea groups is 1. The van der Waals surface area contributed by atoms with Gasteiger partial charge in [0.05, 0.1) is 30.3 Å². The Morgan fingerprint density at radius 1 is 0.957 bits per heavy atom. The van der Waals surface area contributed by atoms with E-state index in [9.17, 15) is 22.8 Å². The van der Waals surface area contributed by atoms with Gasteiger partial charge in [-0.3, -0.25) is 14.7 Å². The van der Waals surface area contributed by atoms with Crippen molar-refractivity contribution in [2.75, 3.05) is 33.3 Å². The lowest BCUT2D eigenvalue weighted by molar-refractivity contribution is -0.137. The largest absolute Gasteiger partial charge is 0.493 e. The summed E-state index contributed by atoms with van der Waals surface area (Å²) in [5, 5.41) is 6.85. The summed E-state index contributed by atoms with van der Waals surface area (Å²) in [4.78, 5) is 34.7. The molecule has 5 rings (SSSR count). The molecule has 1 saturated heterocycles. The molecule has 3 amide bonds. The van der Waals surface area contributed by atoms with E-state index in [1.165, 1.54) is 6.07 Å². The first-order valence-electron chi connectivity index (χ1n) is 15.0. The van der Waals surface area contributed by atoms with E-state index >= 15 is 0 Å². The number of hydrogen-bond donors (Lipinski definition) is 2. The molecule has 0 aliphatic carbocycles. The third kappa shape index (κ3) is 7.43. The minimum atomic E-state index is -4.59. The van der Waals surface area contributed by atoms with Crippen LogP contribution < -0.4 is 15.4 Å². The molecule has 46 heavy (non-hydrogen) atoms. The van der Waals surface area contributed by atoms with Crippen LogP contribution in [-0.2, 0) is 11.0 Å². The average Bonchev–Trinajstić information content (AvgIpc) is 3.44. The Balaban J connectivity index is 1.59. The lowest BCUT2D eigenvalue weighted by Crippen LogP contribution is -2.52. The molecule has 244 valence electrons. The summed E-state index contributed by atoms with van der Waals surface area (Å²) >= 11 is 12.4. The lowest BCUT2D eigenvalue weighted by Gasteiger charge is -2.38. The molecule has 2 aliphatic heterocycles. The predicted molar refractivity (Wildman–Crippen MR) is 171 cm³/mol. The standard InChI is InChI=1S/C33H34Cl2F3N5O3/c1-3-46-27-18-22(33(36,37)38)8-13-26(27)31-41-29(20-4-9-23(34)10-5-20)30(21-6-11-24(35)12-7-21)43(31)32(45)42-16-14-25(15-17-42)40-19-28(44)39-2/h4-13,18,25,29-30,40H,3,14-17,19H2,1-2H3,(H,39,44). The zero-order valence-electron chi connectivity index (χ0n) is 25.3. The number of rotatable bonds is 8. The number of amides is 3. The second-order valence-electron chi connectivity index (χ2n) is 11.1. The van der Waals surface area contributed by atoms with Crippen molar-refractivity contribution in [3.8, 4) is 5.75 Å². The van der Waals surface area contributed by atoms with Crippen molar-refractivity contribution < 1.29 is 27.5 Å². The predicted octanol–water partition coefficient (Wildman–Crippen LogP) is 6.88. The lowest BCUT2D eigenvalue weighted by atomic mass is 9.93. The van der Waals surface area contributed by atoms with E-state index in [0.29, 0.717) is 36.0 Å². The Morgan fingerprint density at radius 3 is 2.13 bits per heavy atom. The van der Waals surface area contributed by atoms with Crippen LogP contribution in [0.4, 0.5) is 18.0 Å². The fraction of sp³-hybridized carbons (Fsp3) is 0.364. The minimum Gasteiger partial charge on any atom is -0.493 e. The van der Waals surface area contributed by atoms with Gasteiger partial charge in [0.1, 0.15) is 17.6 Å². The highest BCUT2D eigenvalue weighted by molar-refractivity contribution is 6.30. The van der Waals surface area contributed by atoms with Crippen LogP contribution in [0.1, 0.15) is 54.1 Å². The Kier molecular flexibility index (Phi) is 10.4. The van der Waals surface area contributed by atoms with Crippen molar-refractivity contribution in [1.29, 1.82) is 0 Å². The number of halogens is 5. The summed E-state index contributed by atoms with van der Waals surface area (Å²) in [5.74, 6) is 0.0386. The van der Waals surface area contributed by atoms with Gasteiger partial charge in [0.25, 0.3) is 0 Å². The van der Waals surface area contributed by atoms with Crippen LogP contribution in [0, 0.1) is 0 Å². The zero-order chi connectivity index (χ0) is 33.0. The zero-order valence-corrected chi connectivity index (χ0v) is 26.8. The quantitative estimate of drug-likeness (QED) is 0.273. The number of hydrogen-bond acceptors (Lipinski definition) is 5. The maximum Gasteiger partial charge on any atom is 0.416 e. The van der Waals surface area contributed by atoms with E-state index in [4.69, 9.17) is 32.9 Å². The van der Waals surface area contributed by atoms with Crippen LogP contribution in [-0.4, -0.2) is 66.9 Å². The molecule has 2 unspecified atom stereocenters. The molecule has 0 spiro atoms. The molecule has 0 aromatic heterocycles. The number of likely N-dealkylation sites (N-methyl/N-ethyl adjacent to an activating group) is 1. The van der Waals surface area contributed by atoms with Gasteiger partial charge in [0.2, 0.25) is 5.91 Å². The Bertz CT molecular complexity index is 1580.